The molecule has 0 spiro atoms. The highest BCUT2D eigenvalue weighted by molar-refractivity contribution is 6.30. The highest BCUT2D eigenvalue weighted by Gasteiger charge is 2.27. The van der Waals surface area contributed by atoms with Gasteiger partial charge in [-0.05, 0) is 48.3 Å². The smallest absolute Gasteiger partial charge is 0.408 e. The molecule has 1 rings (SSSR count). The second kappa shape index (κ2) is 13.4. The van der Waals surface area contributed by atoms with Crippen LogP contribution in [0.25, 0.3) is 0 Å². The van der Waals surface area contributed by atoms with Crippen LogP contribution in [0.2, 0.25) is 5.02 Å². The number of Topliss-reactive ketones (excluding diaryl/α,β-unsaturated/α-hetero) is 1. The average molecular weight is 469 g/mol. The van der Waals surface area contributed by atoms with Crippen LogP contribution >= 0.6 is 11.6 Å². The van der Waals surface area contributed by atoms with Crippen molar-refractivity contribution in [2.24, 2.45) is 11.3 Å². The number of ketones is 1. The molecule has 0 aliphatic carbocycles. The molecule has 0 saturated carbocycles. The first-order valence-corrected chi connectivity index (χ1v) is 11.3. The van der Waals surface area contributed by atoms with Gasteiger partial charge in [-0.1, -0.05) is 44.5 Å². The van der Waals surface area contributed by atoms with Crippen LogP contribution in [0.5, 0.6) is 0 Å². The Balaban J connectivity index is 2.64. The Morgan fingerprint density at radius 1 is 1.16 bits per heavy atom. The Morgan fingerprint density at radius 3 is 2.38 bits per heavy atom. The average Bonchev–Trinajstić information content (AvgIpc) is 2.70. The van der Waals surface area contributed by atoms with Gasteiger partial charge in [0.05, 0.1) is 6.04 Å². The molecule has 0 aliphatic rings. The molecule has 1 aromatic rings. The largest absolute Gasteiger partial charge is 0.445 e. The van der Waals surface area contributed by atoms with Crippen molar-refractivity contribution in [1.82, 2.24) is 10.2 Å². The summed E-state index contributed by atoms with van der Waals surface area (Å²) in [6.07, 6.45) is 1.29. The minimum atomic E-state index is -0.690. The number of hydrogen-bond donors (Lipinski definition) is 2. The molecule has 0 saturated heterocycles. The summed E-state index contributed by atoms with van der Waals surface area (Å²) in [5, 5.41) is 12.9. The fourth-order valence-corrected chi connectivity index (χ4v) is 3.43. The third kappa shape index (κ3) is 11.5. The molecular weight excluding hydrogens is 432 g/mol. The van der Waals surface area contributed by atoms with Gasteiger partial charge < -0.3 is 20.1 Å². The zero-order chi connectivity index (χ0) is 24.3. The zero-order valence-corrected chi connectivity index (χ0v) is 20.6. The van der Waals surface area contributed by atoms with Crippen molar-refractivity contribution < 1.29 is 24.2 Å². The van der Waals surface area contributed by atoms with Crippen molar-refractivity contribution >= 4 is 29.4 Å². The SMILES string of the molecule is CN(C)C(=O)CC[C@@H](CO)CCC(=O)C(CC(C)(C)C)NC(=O)OCc1cccc(Cl)c1. The summed E-state index contributed by atoms with van der Waals surface area (Å²) in [6.45, 7) is 5.95. The number of alkyl carbamates (subject to hydrolysis) is 1. The summed E-state index contributed by atoms with van der Waals surface area (Å²) in [6, 6.07) is 6.33. The van der Waals surface area contributed by atoms with E-state index < -0.39 is 12.1 Å². The van der Waals surface area contributed by atoms with Gasteiger partial charge >= 0.3 is 6.09 Å². The molecule has 0 radical (unpaired) electrons. The number of aliphatic hydroxyl groups excluding tert-OH is 1. The molecule has 32 heavy (non-hydrogen) atoms. The van der Waals surface area contributed by atoms with Gasteiger partial charge in [0.1, 0.15) is 6.61 Å². The number of aliphatic hydroxyl groups is 1. The van der Waals surface area contributed by atoms with Gasteiger partial charge in [-0.3, -0.25) is 9.59 Å². The van der Waals surface area contributed by atoms with Gasteiger partial charge in [0.25, 0.3) is 0 Å². The minimum Gasteiger partial charge on any atom is -0.445 e. The highest BCUT2D eigenvalue weighted by Crippen LogP contribution is 2.23. The Labute approximate surface area is 196 Å². The van der Waals surface area contributed by atoms with E-state index in [0.29, 0.717) is 30.7 Å². The maximum Gasteiger partial charge on any atom is 0.408 e. The molecule has 0 aromatic heterocycles. The second-order valence-corrected chi connectivity index (χ2v) is 9.98. The van der Waals surface area contributed by atoms with E-state index in [2.05, 4.69) is 5.32 Å². The summed E-state index contributed by atoms with van der Waals surface area (Å²) in [4.78, 5) is 38.5. The van der Waals surface area contributed by atoms with E-state index in [1.807, 2.05) is 20.8 Å². The van der Waals surface area contributed by atoms with Gasteiger partial charge in [-0.2, -0.15) is 0 Å². The number of nitrogens with one attached hydrogen (secondary N) is 1. The first-order valence-electron chi connectivity index (χ1n) is 10.9. The molecule has 1 aromatic carbocycles. The lowest BCUT2D eigenvalue weighted by Gasteiger charge is -2.26. The van der Waals surface area contributed by atoms with E-state index >= 15 is 0 Å². The van der Waals surface area contributed by atoms with E-state index in [4.69, 9.17) is 16.3 Å². The van der Waals surface area contributed by atoms with Crippen molar-refractivity contribution in [1.29, 1.82) is 0 Å². The van der Waals surface area contributed by atoms with Crippen LogP contribution in [-0.4, -0.2) is 54.5 Å². The lowest BCUT2D eigenvalue weighted by Crippen LogP contribution is -2.43. The van der Waals surface area contributed by atoms with Crippen LogP contribution in [0.4, 0.5) is 4.79 Å². The number of ether oxygens (including phenoxy) is 1. The van der Waals surface area contributed by atoms with E-state index in [0.717, 1.165) is 5.56 Å². The third-order valence-electron chi connectivity index (χ3n) is 5.08. The van der Waals surface area contributed by atoms with Crippen molar-refractivity contribution in [2.75, 3.05) is 20.7 Å². The van der Waals surface area contributed by atoms with E-state index in [9.17, 15) is 19.5 Å². The summed E-state index contributed by atoms with van der Waals surface area (Å²) in [5.41, 5.74) is 0.569. The molecule has 2 atom stereocenters. The highest BCUT2D eigenvalue weighted by atomic mass is 35.5. The molecule has 1 unspecified atom stereocenters. The summed E-state index contributed by atoms with van der Waals surface area (Å²) >= 11 is 5.95. The topological polar surface area (TPSA) is 95.9 Å². The Kier molecular flexibility index (Phi) is 11.7. The van der Waals surface area contributed by atoms with E-state index in [-0.39, 0.29) is 42.7 Å². The Bertz CT molecular complexity index is 761. The minimum absolute atomic E-state index is 0.00972. The predicted molar refractivity (Wildman–Crippen MR) is 125 cm³/mol. The molecule has 0 fully saturated rings. The summed E-state index contributed by atoms with van der Waals surface area (Å²) in [5.74, 6) is -0.269. The Morgan fingerprint density at radius 2 is 1.81 bits per heavy atom. The quantitative estimate of drug-likeness (QED) is 0.479. The maximum absolute atomic E-state index is 12.9. The number of rotatable bonds is 12. The number of carbonyl (C=O) groups is 3. The van der Waals surface area contributed by atoms with Crippen molar-refractivity contribution in [3.8, 4) is 0 Å². The molecule has 2 amide bonds. The lowest BCUT2D eigenvalue weighted by atomic mass is 9.85. The molecule has 8 heteroatoms. The zero-order valence-electron chi connectivity index (χ0n) is 19.8. The van der Waals surface area contributed by atoms with E-state index in [1.165, 1.54) is 4.90 Å². The van der Waals surface area contributed by atoms with Gasteiger partial charge in [0, 0.05) is 38.6 Å². The molecule has 0 aliphatic heterocycles. The van der Waals surface area contributed by atoms with Crippen LogP contribution < -0.4 is 5.32 Å². The molecular formula is C24H37ClN2O5. The van der Waals surface area contributed by atoms with Gasteiger partial charge in [-0.25, -0.2) is 4.79 Å². The third-order valence-corrected chi connectivity index (χ3v) is 5.31. The van der Waals surface area contributed by atoms with Crippen molar-refractivity contribution in [3.63, 3.8) is 0 Å². The van der Waals surface area contributed by atoms with Crippen LogP contribution in [0.15, 0.2) is 24.3 Å². The van der Waals surface area contributed by atoms with Gasteiger partial charge in [0.2, 0.25) is 5.91 Å². The molecule has 0 heterocycles. The van der Waals surface area contributed by atoms with Crippen LogP contribution in [0.1, 0.15) is 58.4 Å². The number of carbonyl (C=O) groups excluding carboxylic acids is 3. The predicted octanol–water partition coefficient (Wildman–Crippen LogP) is 4.20. The fourth-order valence-electron chi connectivity index (χ4n) is 3.22. The first-order chi connectivity index (χ1) is 14.9. The molecule has 0 bridgehead atoms. The molecule has 7 nitrogen and oxygen atoms in total. The Hall–Kier alpha value is -2.12. The van der Waals surface area contributed by atoms with Gasteiger partial charge in [0.15, 0.2) is 5.78 Å². The molecule has 180 valence electrons. The normalized spacial score (nSPS) is 13.2. The summed E-state index contributed by atoms with van der Waals surface area (Å²) < 4.78 is 5.27. The number of halogens is 1. The van der Waals surface area contributed by atoms with Crippen molar-refractivity contribution in [3.05, 3.63) is 34.9 Å². The second-order valence-electron chi connectivity index (χ2n) is 9.55. The maximum atomic E-state index is 12.9. The van der Waals surface area contributed by atoms with Crippen LogP contribution in [0, 0.1) is 11.3 Å². The lowest BCUT2D eigenvalue weighted by molar-refractivity contribution is -0.129. The standard InChI is InChI=1S/C24H37ClN2O5/c1-24(2,3)14-20(26-23(31)32-16-18-7-6-8-19(25)13-18)21(29)11-9-17(15-28)10-12-22(30)27(4)5/h6-8,13,17,20,28H,9-12,14-16H2,1-5H3,(H,26,31)/t17-,20?/m0/s1. The number of nitrogens with zero attached hydrogens (tertiary/aromatic N) is 1. The van der Waals surface area contributed by atoms with E-state index in [1.54, 1.807) is 38.4 Å². The summed E-state index contributed by atoms with van der Waals surface area (Å²) in [7, 11) is 3.38. The fraction of sp³-hybridized carbons (Fsp3) is 0.625. The number of amides is 2. The first kappa shape index (κ1) is 27.9. The van der Waals surface area contributed by atoms with Crippen molar-refractivity contribution in [2.45, 2.75) is 65.5 Å². The monoisotopic (exact) mass is 468 g/mol. The molecule has 2 N–H and O–H groups in total. The van der Waals surface area contributed by atoms with Crippen LogP contribution in [-0.2, 0) is 20.9 Å². The van der Waals surface area contributed by atoms with Gasteiger partial charge in [-0.15, -0.1) is 0 Å². The number of hydrogen-bond acceptors (Lipinski definition) is 5. The van der Waals surface area contributed by atoms with Crippen LogP contribution in [0.3, 0.4) is 0 Å². The number of benzene rings is 1.